The van der Waals surface area contributed by atoms with E-state index < -0.39 is 30.0 Å². The standard InChI is InChI=1S/C10H8O6S2.Ni.2H2O/c11-17(12,13)9-5-1-3-7-8(9)4-2-6-10(7)18(14,15)16;;;/h1-6H,(H,11,12,13)(H,14,15,16);;2*1H2/q;+2;;/p-2. The van der Waals surface area contributed by atoms with E-state index in [0.29, 0.717) is 0 Å². The van der Waals surface area contributed by atoms with Gasteiger partial charge in [-0.15, -0.1) is 0 Å². The van der Waals surface area contributed by atoms with Crippen LogP contribution in [-0.2, 0) is 36.7 Å². The van der Waals surface area contributed by atoms with Crippen LogP contribution in [0.3, 0.4) is 0 Å². The van der Waals surface area contributed by atoms with E-state index in [1.807, 2.05) is 0 Å². The normalized spacial score (nSPS) is 11.0. The summed E-state index contributed by atoms with van der Waals surface area (Å²) in [5.74, 6) is 0. The first-order chi connectivity index (χ1) is 8.21. The van der Waals surface area contributed by atoms with Gasteiger partial charge < -0.3 is 20.1 Å². The Morgan fingerprint density at radius 2 is 0.952 bits per heavy atom. The number of rotatable bonds is 2. The van der Waals surface area contributed by atoms with Gasteiger partial charge in [0.2, 0.25) is 0 Å². The molecule has 0 atom stereocenters. The summed E-state index contributed by atoms with van der Waals surface area (Å²) >= 11 is 0. The molecule has 0 saturated heterocycles. The molecule has 0 aliphatic heterocycles. The van der Waals surface area contributed by atoms with Crippen molar-refractivity contribution < 1.29 is 53.4 Å². The molecule has 2 aromatic rings. The quantitative estimate of drug-likeness (QED) is 0.475. The molecule has 4 N–H and O–H groups in total. The molecule has 0 bridgehead atoms. The summed E-state index contributed by atoms with van der Waals surface area (Å²) in [5.41, 5.74) is 0. The third-order valence-corrected chi connectivity index (χ3v) is 4.17. The van der Waals surface area contributed by atoms with E-state index in [0.717, 1.165) is 12.1 Å². The van der Waals surface area contributed by atoms with Gasteiger partial charge in [0.05, 0.1) is 9.79 Å². The van der Waals surface area contributed by atoms with Crippen molar-refractivity contribution in [1.82, 2.24) is 0 Å². The van der Waals surface area contributed by atoms with Crippen LogP contribution in [0.2, 0.25) is 0 Å². The van der Waals surface area contributed by atoms with Crippen molar-refractivity contribution in [2.75, 3.05) is 0 Å². The van der Waals surface area contributed by atoms with Gasteiger partial charge in [0, 0.05) is 10.8 Å². The van der Waals surface area contributed by atoms with E-state index in [-0.39, 0.29) is 38.2 Å². The molecule has 0 heterocycles. The predicted molar refractivity (Wildman–Crippen MR) is 67.1 cm³/mol. The van der Waals surface area contributed by atoms with Crippen molar-refractivity contribution >= 4 is 31.0 Å². The fraction of sp³-hybridized carbons (Fsp3) is 0. The molecule has 2 rings (SSSR count). The molecule has 2 aromatic carbocycles. The van der Waals surface area contributed by atoms with Gasteiger partial charge in [-0.3, -0.25) is 0 Å². The van der Waals surface area contributed by atoms with Crippen LogP contribution >= 0.6 is 0 Å². The van der Waals surface area contributed by atoms with Crippen LogP contribution in [0.25, 0.3) is 10.8 Å². The number of hydrogen-bond donors (Lipinski definition) is 0. The van der Waals surface area contributed by atoms with Crippen LogP contribution in [-0.4, -0.2) is 36.9 Å². The van der Waals surface area contributed by atoms with Gasteiger partial charge in [-0.05, 0) is 12.1 Å². The summed E-state index contributed by atoms with van der Waals surface area (Å²) < 4.78 is 66.1. The average molecular weight is 381 g/mol. The van der Waals surface area contributed by atoms with E-state index in [1.165, 1.54) is 24.3 Å². The first kappa shape index (κ1) is 22.2. The molecule has 8 nitrogen and oxygen atoms in total. The molecule has 0 spiro atoms. The summed E-state index contributed by atoms with van der Waals surface area (Å²) in [6, 6.07) is 7.09. The molecule has 0 radical (unpaired) electrons. The van der Waals surface area contributed by atoms with Crippen LogP contribution in [0.15, 0.2) is 46.2 Å². The van der Waals surface area contributed by atoms with E-state index in [9.17, 15) is 25.9 Å². The predicted octanol–water partition coefficient (Wildman–Crippen LogP) is -1.00. The SMILES string of the molecule is O.O.O=S(=O)([O-])c1cccc2c(S(=O)(=O)[O-])cccc12.[Ni+2]. The van der Waals surface area contributed by atoms with Gasteiger partial charge in [-0.2, -0.15) is 0 Å². The average Bonchev–Trinajstić information content (AvgIpc) is 2.24. The molecule has 0 fully saturated rings. The van der Waals surface area contributed by atoms with Gasteiger partial charge in [0.1, 0.15) is 20.2 Å². The minimum Gasteiger partial charge on any atom is -0.744 e. The summed E-state index contributed by atoms with van der Waals surface area (Å²) in [6.07, 6.45) is 0. The van der Waals surface area contributed by atoms with Crippen molar-refractivity contribution in [3.63, 3.8) is 0 Å². The van der Waals surface area contributed by atoms with E-state index in [1.54, 1.807) is 0 Å². The molecular formula is C10H10NiO8S2. The second-order valence-electron chi connectivity index (χ2n) is 3.52. The monoisotopic (exact) mass is 380 g/mol. The second-order valence-corrected chi connectivity index (χ2v) is 6.21. The molecule has 0 aliphatic carbocycles. The Labute approximate surface area is 130 Å². The third kappa shape index (κ3) is 4.45. The van der Waals surface area contributed by atoms with Gasteiger partial charge in [-0.25, -0.2) is 16.8 Å². The summed E-state index contributed by atoms with van der Waals surface area (Å²) in [7, 11) is -9.48. The van der Waals surface area contributed by atoms with Gasteiger partial charge in [-0.1, -0.05) is 24.3 Å². The zero-order valence-corrected chi connectivity index (χ0v) is 12.7. The van der Waals surface area contributed by atoms with Crippen molar-refractivity contribution in [2.45, 2.75) is 9.79 Å². The van der Waals surface area contributed by atoms with Crippen LogP contribution < -0.4 is 0 Å². The Morgan fingerprint density at radius 1 is 0.667 bits per heavy atom. The van der Waals surface area contributed by atoms with Crippen LogP contribution in [0.4, 0.5) is 0 Å². The first-order valence-corrected chi connectivity index (χ1v) is 7.46. The van der Waals surface area contributed by atoms with Gasteiger partial charge in [0.25, 0.3) is 0 Å². The van der Waals surface area contributed by atoms with Crippen molar-refractivity contribution in [2.24, 2.45) is 0 Å². The van der Waals surface area contributed by atoms with Crippen molar-refractivity contribution in [3.05, 3.63) is 36.4 Å². The molecule has 21 heavy (non-hydrogen) atoms. The minimum absolute atomic E-state index is 0. The molecule has 0 saturated carbocycles. The van der Waals surface area contributed by atoms with Crippen molar-refractivity contribution in [3.8, 4) is 0 Å². The first-order valence-electron chi connectivity index (χ1n) is 4.65. The maximum atomic E-state index is 11.0. The Balaban J connectivity index is 0. The smallest absolute Gasteiger partial charge is 0.744 e. The van der Waals surface area contributed by atoms with E-state index >= 15 is 0 Å². The number of hydrogen-bond acceptors (Lipinski definition) is 6. The summed E-state index contributed by atoms with van der Waals surface area (Å²) in [4.78, 5) is -1.10. The minimum atomic E-state index is -4.74. The maximum absolute atomic E-state index is 11.0. The van der Waals surface area contributed by atoms with Gasteiger partial charge in [0.15, 0.2) is 0 Å². The molecule has 0 amide bonds. The number of fused-ring (bicyclic) bond motifs is 1. The Morgan fingerprint density at radius 3 is 1.19 bits per heavy atom. The topological polar surface area (TPSA) is 177 Å². The van der Waals surface area contributed by atoms with Crippen LogP contribution in [0.5, 0.6) is 0 Å². The largest absolute Gasteiger partial charge is 2.00 e. The van der Waals surface area contributed by atoms with E-state index in [4.69, 9.17) is 0 Å². The molecule has 0 aliphatic rings. The Bertz CT molecular complexity index is 758. The zero-order chi connectivity index (χ0) is 13.6. The van der Waals surface area contributed by atoms with Crippen LogP contribution in [0, 0.1) is 0 Å². The Hall–Kier alpha value is -1.07. The van der Waals surface area contributed by atoms with Crippen molar-refractivity contribution in [1.29, 1.82) is 0 Å². The van der Waals surface area contributed by atoms with Gasteiger partial charge >= 0.3 is 16.5 Å². The number of benzene rings is 2. The fourth-order valence-electron chi connectivity index (χ4n) is 1.69. The maximum Gasteiger partial charge on any atom is 2.00 e. The zero-order valence-electron chi connectivity index (χ0n) is 10.0. The molecule has 0 unspecified atom stereocenters. The molecule has 120 valence electrons. The summed E-state index contributed by atoms with van der Waals surface area (Å²) in [5, 5.41) is -0.158. The van der Waals surface area contributed by atoms with E-state index in [2.05, 4.69) is 0 Å². The van der Waals surface area contributed by atoms with Crippen LogP contribution in [0.1, 0.15) is 0 Å². The fourth-order valence-corrected chi connectivity index (χ4v) is 3.07. The third-order valence-electron chi connectivity index (χ3n) is 2.38. The second kappa shape index (κ2) is 7.27. The molecular weight excluding hydrogens is 371 g/mol. The Kier molecular flexibility index (Phi) is 7.70. The summed E-state index contributed by atoms with van der Waals surface area (Å²) in [6.45, 7) is 0. The molecule has 11 heteroatoms. The molecule has 0 aromatic heterocycles.